The van der Waals surface area contributed by atoms with Crippen LogP contribution < -0.4 is 0 Å². The molecule has 2 rings (SSSR count). The van der Waals surface area contributed by atoms with Gasteiger partial charge in [0.15, 0.2) is 0 Å². The summed E-state index contributed by atoms with van der Waals surface area (Å²) in [5, 5.41) is 1.14. The first kappa shape index (κ1) is 11.9. The Morgan fingerprint density at radius 1 is 1.27 bits per heavy atom. The van der Waals surface area contributed by atoms with Crippen molar-refractivity contribution in [1.29, 1.82) is 0 Å². The van der Waals surface area contributed by atoms with Gasteiger partial charge in [0.05, 0.1) is 0 Å². The van der Waals surface area contributed by atoms with Crippen molar-refractivity contribution in [3.05, 3.63) is 0 Å². The number of fused-ring (bicyclic) bond motifs is 1. The van der Waals surface area contributed by atoms with Crippen LogP contribution in [0.25, 0.3) is 0 Å². The summed E-state index contributed by atoms with van der Waals surface area (Å²) >= 11 is 3.57. The lowest BCUT2D eigenvalue weighted by molar-refractivity contribution is 0.0445. The van der Waals surface area contributed by atoms with Gasteiger partial charge in [-0.2, -0.15) is 0 Å². The van der Waals surface area contributed by atoms with Crippen molar-refractivity contribution >= 4 is 15.9 Å². The van der Waals surface area contributed by atoms with Crippen LogP contribution in [0.1, 0.15) is 26.2 Å². The third-order valence-electron chi connectivity index (χ3n) is 3.75. The van der Waals surface area contributed by atoms with Gasteiger partial charge in [-0.1, -0.05) is 29.3 Å². The van der Waals surface area contributed by atoms with E-state index in [0.717, 1.165) is 17.3 Å². The van der Waals surface area contributed by atoms with Gasteiger partial charge in [-0.15, -0.1) is 0 Å². The van der Waals surface area contributed by atoms with Gasteiger partial charge in [0, 0.05) is 37.6 Å². The van der Waals surface area contributed by atoms with Crippen LogP contribution in [0.3, 0.4) is 0 Å². The number of halogens is 1. The molecule has 2 aliphatic heterocycles. The number of piperidine rings is 1. The largest absolute Gasteiger partial charge is 0.300 e. The number of alkyl halides is 1. The van der Waals surface area contributed by atoms with E-state index in [1.165, 1.54) is 52.0 Å². The van der Waals surface area contributed by atoms with Gasteiger partial charge in [-0.05, 0) is 25.3 Å². The molecule has 88 valence electrons. The molecule has 0 aromatic heterocycles. The van der Waals surface area contributed by atoms with Crippen molar-refractivity contribution in [2.45, 2.75) is 32.2 Å². The number of hydrogen-bond donors (Lipinski definition) is 0. The maximum absolute atomic E-state index is 3.57. The summed E-state index contributed by atoms with van der Waals surface area (Å²) in [4.78, 5) is 5.37. The van der Waals surface area contributed by atoms with Crippen molar-refractivity contribution < 1.29 is 0 Å². The molecule has 2 saturated heterocycles. The second kappa shape index (κ2) is 5.65. The van der Waals surface area contributed by atoms with E-state index in [-0.39, 0.29) is 0 Å². The maximum atomic E-state index is 3.57. The molecule has 0 bridgehead atoms. The molecule has 2 atom stereocenters. The van der Waals surface area contributed by atoms with Crippen molar-refractivity contribution in [1.82, 2.24) is 9.80 Å². The van der Waals surface area contributed by atoms with Crippen LogP contribution in [0.2, 0.25) is 0 Å². The Morgan fingerprint density at radius 2 is 2.13 bits per heavy atom. The molecule has 0 spiro atoms. The number of piperazine rings is 1. The predicted molar refractivity (Wildman–Crippen MR) is 68.6 cm³/mol. The van der Waals surface area contributed by atoms with Gasteiger partial charge in [0.25, 0.3) is 0 Å². The van der Waals surface area contributed by atoms with E-state index in [9.17, 15) is 0 Å². The summed E-state index contributed by atoms with van der Waals surface area (Å²) in [6.07, 6.45) is 4.30. The Hall–Kier alpha value is 0.400. The number of nitrogens with zero attached hydrogens (tertiary/aromatic N) is 2. The zero-order chi connectivity index (χ0) is 10.7. The Labute approximate surface area is 102 Å². The molecular formula is C12H23BrN2. The molecule has 0 aromatic carbocycles. The predicted octanol–water partition coefficient (Wildman–Crippen LogP) is 2.19. The topological polar surface area (TPSA) is 6.48 Å². The second-order valence-corrected chi connectivity index (χ2v) is 5.85. The smallest absolute Gasteiger partial charge is 0.0223 e. The standard InChI is InChI=1S/C12H23BrN2/c1-11(8-13)9-14-6-7-15-5-3-2-4-12(15)10-14/h11-12H,2-10H2,1H3. The molecular weight excluding hydrogens is 252 g/mol. The monoisotopic (exact) mass is 274 g/mol. The van der Waals surface area contributed by atoms with Gasteiger partial charge in [0.1, 0.15) is 0 Å². The molecule has 0 saturated carbocycles. The average molecular weight is 275 g/mol. The third kappa shape index (κ3) is 3.18. The van der Waals surface area contributed by atoms with Crippen molar-refractivity contribution in [2.24, 2.45) is 5.92 Å². The molecule has 3 heteroatoms. The second-order valence-electron chi connectivity index (χ2n) is 5.20. The van der Waals surface area contributed by atoms with E-state index in [1.54, 1.807) is 0 Å². The molecule has 0 amide bonds. The summed E-state index contributed by atoms with van der Waals surface area (Å²) in [6.45, 7) is 8.87. The first-order valence-electron chi connectivity index (χ1n) is 6.32. The van der Waals surface area contributed by atoms with Crippen LogP contribution in [0, 0.1) is 5.92 Å². The van der Waals surface area contributed by atoms with Crippen LogP contribution >= 0.6 is 15.9 Å². The van der Waals surface area contributed by atoms with Gasteiger partial charge in [-0.3, -0.25) is 4.90 Å². The van der Waals surface area contributed by atoms with E-state index in [2.05, 4.69) is 32.7 Å². The fourth-order valence-corrected chi connectivity index (χ4v) is 3.08. The lowest BCUT2D eigenvalue weighted by Gasteiger charge is -2.44. The molecule has 0 N–H and O–H groups in total. The van der Waals surface area contributed by atoms with Crippen LogP contribution in [0.5, 0.6) is 0 Å². The van der Waals surface area contributed by atoms with Crippen LogP contribution in [-0.2, 0) is 0 Å². The quantitative estimate of drug-likeness (QED) is 0.728. The Kier molecular flexibility index (Phi) is 4.47. The van der Waals surface area contributed by atoms with Gasteiger partial charge >= 0.3 is 0 Å². The van der Waals surface area contributed by atoms with E-state index >= 15 is 0 Å². The first-order chi connectivity index (χ1) is 7.29. The average Bonchev–Trinajstić information content (AvgIpc) is 2.29. The van der Waals surface area contributed by atoms with E-state index in [0.29, 0.717) is 0 Å². The minimum Gasteiger partial charge on any atom is -0.300 e. The lowest BCUT2D eigenvalue weighted by atomic mass is 9.99. The molecule has 2 heterocycles. The minimum atomic E-state index is 0.792. The highest BCUT2D eigenvalue weighted by molar-refractivity contribution is 9.09. The molecule has 2 nitrogen and oxygen atoms in total. The normalized spacial score (nSPS) is 31.2. The highest BCUT2D eigenvalue weighted by Crippen LogP contribution is 2.21. The molecule has 2 fully saturated rings. The van der Waals surface area contributed by atoms with Gasteiger partial charge in [-0.25, -0.2) is 0 Å². The Morgan fingerprint density at radius 3 is 2.93 bits per heavy atom. The fraction of sp³-hybridized carbons (Fsp3) is 1.00. The number of rotatable bonds is 3. The third-order valence-corrected chi connectivity index (χ3v) is 4.86. The molecule has 15 heavy (non-hydrogen) atoms. The van der Waals surface area contributed by atoms with Crippen molar-refractivity contribution in [3.8, 4) is 0 Å². The summed E-state index contributed by atoms with van der Waals surface area (Å²) in [5.74, 6) is 0.792. The summed E-state index contributed by atoms with van der Waals surface area (Å²) in [7, 11) is 0. The molecule has 0 radical (unpaired) electrons. The fourth-order valence-electron chi connectivity index (χ4n) is 2.88. The van der Waals surface area contributed by atoms with E-state index < -0.39 is 0 Å². The lowest BCUT2D eigenvalue weighted by Crippen LogP contribution is -2.55. The Bertz CT molecular complexity index is 198. The molecule has 2 unspecified atom stereocenters. The molecule has 0 aliphatic carbocycles. The summed E-state index contributed by atoms with van der Waals surface area (Å²) in [6, 6.07) is 0.870. The van der Waals surface area contributed by atoms with Crippen LogP contribution in [0.4, 0.5) is 0 Å². The Balaban J connectivity index is 1.80. The van der Waals surface area contributed by atoms with Gasteiger partial charge in [0.2, 0.25) is 0 Å². The minimum absolute atomic E-state index is 0.792. The highest BCUT2D eigenvalue weighted by atomic mass is 79.9. The van der Waals surface area contributed by atoms with Crippen LogP contribution in [-0.4, -0.2) is 53.9 Å². The summed E-state index contributed by atoms with van der Waals surface area (Å²) in [5.41, 5.74) is 0. The van der Waals surface area contributed by atoms with Crippen molar-refractivity contribution in [2.75, 3.05) is 38.1 Å². The van der Waals surface area contributed by atoms with E-state index in [4.69, 9.17) is 0 Å². The molecule has 0 aromatic rings. The number of hydrogen-bond acceptors (Lipinski definition) is 2. The zero-order valence-corrected chi connectivity index (χ0v) is 11.4. The van der Waals surface area contributed by atoms with Gasteiger partial charge < -0.3 is 4.90 Å². The maximum Gasteiger partial charge on any atom is 0.0223 e. The summed E-state index contributed by atoms with van der Waals surface area (Å²) < 4.78 is 0. The van der Waals surface area contributed by atoms with Crippen LogP contribution in [0.15, 0.2) is 0 Å². The first-order valence-corrected chi connectivity index (χ1v) is 7.44. The highest BCUT2D eigenvalue weighted by Gasteiger charge is 2.28. The van der Waals surface area contributed by atoms with Crippen molar-refractivity contribution in [3.63, 3.8) is 0 Å². The molecule has 2 aliphatic rings. The zero-order valence-electron chi connectivity index (χ0n) is 9.79. The van der Waals surface area contributed by atoms with E-state index in [1.807, 2.05) is 0 Å². The SMILES string of the molecule is CC(CBr)CN1CCN2CCCCC2C1.